The van der Waals surface area contributed by atoms with Crippen LogP contribution in [0.1, 0.15) is 13.8 Å². The van der Waals surface area contributed by atoms with E-state index in [9.17, 15) is 9.59 Å². The third kappa shape index (κ3) is 3.20. The minimum absolute atomic E-state index is 0.176. The van der Waals surface area contributed by atoms with E-state index in [2.05, 4.69) is 21.3 Å². The summed E-state index contributed by atoms with van der Waals surface area (Å²) in [4.78, 5) is 23.7. The topological polar surface area (TPSA) is 82.3 Å². The average Bonchev–Trinajstić information content (AvgIpc) is 2.46. The molecule has 0 bridgehead atoms. The zero-order chi connectivity index (χ0) is 14.5. The van der Waals surface area contributed by atoms with Crippen molar-refractivity contribution in [1.82, 2.24) is 10.6 Å². The maximum Gasteiger partial charge on any atom is 0.244 e. The van der Waals surface area contributed by atoms with Crippen LogP contribution in [0, 0.1) is 0 Å². The highest BCUT2D eigenvalue weighted by Crippen LogP contribution is 2.25. The van der Waals surface area contributed by atoms with Gasteiger partial charge in [0, 0.05) is 13.1 Å². The Labute approximate surface area is 118 Å². The molecule has 2 atom stereocenters. The van der Waals surface area contributed by atoms with E-state index in [-0.39, 0.29) is 17.9 Å². The second-order valence-electron chi connectivity index (χ2n) is 4.75. The summed E-state index contributed by atoms with van der Waals surface area (Å²) in [5.74, 6) is -0.365. The summed E-state index contributed by atoms with van der Waals surface area (Å²) in [6.07, 6.45) is 0. The van der Waals surface area contributed by atoms with Crippen LogP contribution in [0.15, 0.2) is 24.3 Å². The summed E-state index contributed by atoms with van der Waals surface area (Å²) >= 11 is 0. The van der Waals surface area contributed by atoms with E-state index in [1.807, 2.05) is 31.2 Å². The van der Waals surface area contributed by atoms with E-state index < -0.39 is 6.04 Å². The standard InChI is InChI=1S/C14H20N4O2/c1-3-15-13(19)9(2)17-14(20)12-8-16-10-6-4-5-7-11(10)18-12/h4-7,9,12,16,18H,3,8H2,1-2H3,(H,15,19)(H,17,20). The van der Waals surface area contributed by atoms with Crippen LogP contribution >= 0.6 is 0 Å². The summed E-state index contributed by atoms with van der Waals surface area (Å²) in [5, 5.41) is 11.8. The molecule has 20 heavy (non-hydrogen) atoms. The zero-order valence-corrected chi connectivity index (χ0v) is 11.7. The van der Waals surface area contributed by atoms with Crippen LogP contribution in [0.4, 0.5) is 11.4 Å². The number of benzene rings is 1. The SMILES string of the molecule is CCNC(=O)C(C)NC(=O)C1CNc2ccccc2N1. The number of carbonyl (C=O) groups excluding carboxylic acids is 2. The summed E-state index contributed by atoms with van der Waals surface area (Å²) in [5.41, 5.74) is 1.87. The Bertz CT molecular complexity index is 504. The van der Waals surface area contributed by atoms with Crippen LogP contribution in [0.2, 0.25) is 0 Å². The maximum absolute atomic E-state index is 12.1. The van der Waals surface area contributed by atoms with Crippen LogP contribution in [0.25, 0.3) is 0 Å². The van der Waals surface area contributed by atoms with Gasteiger partial charge in [0.2, 0.25) is 11.8 Å². The van der Waals surface area contributed by atoms with Gasteiger partial charge >= 0.3 is 0 Å². The van der Waals surface area contributed by atoms with Gasteiger partial charge in [-0.15, -0.1) is 0 Å². The molecule has 0 aromatic heterocycles. The van der Waals surface area contributed by atoms with Gasteiger partial charge in [-0.1, -0.05) is 12.1 Å². The lowest BCUT2D eigenvalue weighted by Gasteiger charge is -2.28. The fourth-order valence-corrected chi connectivity index (χ4v) is 2.08. The average molecular weight is 276 g/mol. The van der Waals surface area contributed by atoms with Gasteiger partial charge < -0.3 is 21.3 Å². The Morgan fingerprint density at radius 2 is 2.05 bits per heavy atom. The summed E-state index contributed by atoms with van der Waals surface area (Å²) in [7, 11) is 0. The molecule has 0 saturated carbocycles. The van der Waals surface area contributed by atoms with Gasteiger partial charge in [-0.05, 0) is 26.0 Å². The number of para-hydroxylation sites is 2. The Balaban J connectivity index is 1.93. The maximum atomic E-state index is 12.1. The highest BCUT2D eigenvalue weighted by Gasteiger charge is 2.25. The normalized spacial score (nSPS) is 18.0. The number of hydrogen-bond acceptors (Lipinski definition) is 4. The molecular weight excluding hydrogens is 256 g/mol. The molecule has 2 unspecified atom stereocenters. The van der Waals surface area contributed by atoms with Gasteiger partial charge in [0.15, 0.2) is 0 Å². The Kier molecular flexibility index (Phi) is 4.45. The second kappa shape index (κ2) is 6.27. The number of fused-ring (bicyclic) bond motifs is 1. The number of likely N-dealkylation sites (N-methyl/N-ethyl adjacent to an activating group) is 1. The molecule has 2 rings (SSSR count). The van der Waals surface area contributed by atoms with E-state index in [0.29, 0.717) is 13.1 Å². The lowest BCUT2D eigenvalue weighted by molar-refractivity contribution is -0.128. The monoisotopic (exact) mass is 276 g/mol. The molecule has 2 amide bonds. The van der Waals surface area contributed by atoms with E-state index in [1.165, 1.54) is 0 Å². The summed E-state index contributed by atoms with van der Waals surface area (Å²) in [6.45, 7) is 4.56. The molecule has 0 saturated heterocycles. The van der Waals surface area contributed by atoms with Gasteiger partial charge in [-0.2, -0.15) is 0 Å². The fourth-order valence-electron chi connectivity index (χ4n) is 2.08. The third-order valence-electron chi connectivity index (χ3n) is 3.17. The van der Waals surface area contributed by atoms with Crippen molar-refractivity contribution in [3.63, 3.8) is 0 Å². The first-order chi connectivity index (χ1) is 9.61. The highest BCUT2D eigenvalue weighted by atomic mass is 16.2. The smallest absolute Gasteiger partial charge is 0.244 e. The Hall–Kier alpha value is -2.24. The Morgan fingerprint density at radius 1 is 1.35 bits per heavy atom. The summed E-state index contributed by atoms with van der Waals surface area (Å²) < 4.78 is 0. The molecule has 1 aliphatic rings. The zero-order valence-electron chi connectivity index (χ0n) is 11.7. The molecule has 108 valence electrons. The predicted molar refractivity (Wildman–Crippen MR) is 78.6 cm³/mol. The second-order valence-corrected chi connectivity index (χ2v) is 4.75. The molecular formula is C14H20N4O2. The minimum Gasteiger partial charge on any atom is -0.381 e. The van der Waals surface area contributed by atoms with Crippen LogP contribution in [-0.4, -0.2) is 37.0 Å². The molecule has 6 heteroatoms. The van der Waals surface area contributed by atoms with Crippen LogP contribution in [0.3, 0.4) is 0 Å². The summed E-state index contributed by atoms with van der Waals surface area (Å²) in [6, 6.07) is 6.78. The van der Waals surface area contributed by atoms with Crippen LogP contribution < -0.4 is 21.3 Å². The van der Waals surface area contributed by atoms with Gasteiger partial charge in [0.25, 0.3) is 0 Å². The number of hydrogen-bond donors (Lipinski definition) is 4. The third-order valence-corrected chi connectivity index (χ3v) is 3.17. The molecule has 6 nitrogen and oxygen atoms in total. The quantitative estimate of drug-likeness (QED) is 0.647. The van der Waals surface area contributed by atoms with Crippen molar-refractivity contribution in [2.24, 2.45) is 0 Å². The van der Waals surface area contributed by atoms with Crippen LogP contribution in [-0.2, 0) is 9.59 Å². The number of amides is 2. The van der Waals surface area contributed by atoms with Gasteiger partial charge in [0.05, 0.1) is 11.4 Å². The van der Waals surface area contributed by atoms with Gasteiger partial charge in [-0.3, -0.25) is 9.59 Å². The molecule has 1 aliphatic heterocycles. The molecule has 0 spiro atoms. The number of anilines is 2. The van der Waals surface area contributed by atoms with E-state index in [1.54, 1.807) is 6.92 Å². The van der Waals surface area contributed by atoms with Crippen molar-refractivity contribution in [3.05, 3.63) is 24.3 Å². The lowest BCUT2D eigenvalue weighted by atomic mass is 10.1. The molecule has 1 aromatic carbocycles. The van der Waals surface area contributed by atoms with Crippen molar-refractivity contribution in [3.8, 4) is 0 Å². The molecule has 4 N–H and O–H groups in total. The Morgan fingerprint density at radius 3 is 2.75 bits per heavy atom. The van der Waals surface area contributed by atoms with Crippen molar-refractivity contribution in [1.29, 1.82) is 0 Å². The first kappa shape index (κ1) is 14.2. The van der Waals surface area contributed by atoms with Crippen LogP contribution in [0.5, 0.6) is 0 Å². The first-order valence-corrected chi connectivity index (χ1v) is 6.79. The van der Waals surface area contributed by atoms with E-state index in [0.717, 1.165) is 11.4 Å². The van der Waals surface area contributed by atoms with Gasteiger partial charge in [0.1, 0.15) is 12.1 Å². The molecule has 1 aromatic rings. The molecule has 1 heterocycles. The molecule has 0 fully saturated rings. The van der Waals surface area contributed by atoms with E-state index >= 15 is 0 Å². The van der Waals surface area contributed by atoms with Crippen molar-refractivity contribution in [2.75, 3.05) is 23.7 Å². The first-order valence-electron chi connectivity index (χ1n) is 6.79. The van der Waals surface area contributed by atoms with Crippen molar-refractivity contribution in [2.45, 2.75) is 25.9 Å². The van der Waals surface area contributed by atoms with E-state index in [4.69, 9.17) is 0 Å². The number of rotatable bonds is 4. The largest absolute Gasteiger partial charge is 0.381 e. The predicted octanol–water partition coefficient (Wildman–Crippen LogP) is 0.533. The van der Waals surface area contributed by atoms with Crippen molar-refractivity contribution < 1.29 is 9.59 Å². The minimum atomic E-state index is -0.540. The highest BCUT2D eigenvalue weighted by molar-refractivity contribution is 5.92. The molecule has 0 radical (unpaired) electrons. The molecule has 0 aliphatic carbocycles. The number of carbonyl (C=O) groups is 2. The fraction of sp³-hybridized carbons (Fsp3) is 0.429. The number of nitrogens with one attached hydrogen (secondary N) is 4. The lowest BCUT2D eigenvalue weighted by Crippen LogP contribution is -2.52. The van der Waals surface area contributed by atoms with Crippen molar-refractivity contribution >= 4 is 23.2 Å². The van der Waals surface area contributed by atoms with Gasteiger partial charge in [-0.25, -0.2) is 0 Å².